The molecule has 0 unspecified atom stereocenters. The lowest BCUT2D eigenvalue weighted by atomic mass is 10.5. The van der Waals surface area contributed by atoms with Crippen LogP contribution in [0.4, 0.5) is 0 Å². The molecule has 15 heavy (non-hydrogen) atoms. The number of carboxylic acids is 1. The molecule has 0 radical (unpaired) electrons. The Morgan fingerprint density at radius 3 is 2.53 bits per heavy atom. The van der Waals surface area contributed by atoms with E-state index < -0.39 is 15.8 Å². The lowest BCUT2D eigenvalue weighted by Crippen LogP contribution is -2.11. The van der Waals surface area contributed by atoms with Crippen molar-refractivity contribution in [1.82, 2.24) is 9.55 Å². The SMILES string of the molecule is CCn1cc(C(=O)O)nc1S(=O)(=O)CC. The summed E-state index contributed by atoms with van der Waals surface area (Å²) in [5, 5.41) is 8.51. The van der Waals surface area contributed by atoms with Gasteiger partial charge in [-0.25, -0.2) is 18.2 Å². The van der Waals surface area contributed by atoms with Crippen molar-refractivity contribution < 1.29 is 18.3 Å². The van der Waals surface area contributed by atoms with Gasteiger partial charge in [0, 0.05) is 12.7 Å². The van der Waals surface area contributed by atoms with Crippen LogP contribution in [-0.2, 0) is 16.4 Å². The van der Waals surface area contributed by atoms with E-state index >= 15 is 0 Å². The number of sulfone groups is 1. The number of carboxylic acid groups (broad SMARTS) is 1. The average Bonchev–Trinajstić information content (AvgIpc) is 2.62. The van der Waals surface area contributed by atoms with Crippen LogP contribution in [0.5, 0.6) is 0 Å². The van der Waals surface area contributed by atoms with Gasteiger partial charge in [-0.05, 0) is 6.92 Å². The fraction of sp³-hybridized carbons (Fsp3) is 0.500. The first-order valence-electron chi connectivity index (χ1n) is 4.45. The molecule has 7 heteroatoms. The van der Waals surface area contributed by atoms with E-state index in [1.807, 2.05) is 0 Å². The smallest absolute Gasteiger partial charge is 0.356 e. The molecule has 0 aliphatic carbocycles. The first kappa shape index (κ1) is 11.7. The van der Waals surface area contributed by atoms with E-state index in [9.17, 15) is 13.2 Å². The monoisotopic (exact) mass is 232 g/mol. The molecule has 0 spiro atoms. The molecule has 0 saturated carbocycles. The van der Waals surface area contributed by atoms with Crippen LogP contribution < -0.4 is 0 Å². The third kappa shape index (κ3) is 2.17. The van der Waals surface area contributed by atoms with Crippen LogP contribution in [0.3, 0.4) is 0 Å². The van der Waals surface area contributed by atoms with Gasteiger partial charge in [0.2, 0.25) is 15.0 Å². The molecule has 1 aromatic rings. The number of aromatic nitrogens is 2. The standard InChI is InChI=1S/C8H12N2O4S/c1-3-10-5-6(7(11)12)9-8(10)15(13,14)4-2/h5H,3-4H2,1-2H3,(H,11,12). The van der Waals surface area contributed by atoms with Crippen LogP contribution in [0.2, 0.25) is 0 Å². The zero-order valence-corrected chi connectivity index (χ0v) is 9.28. The lowest BCUT2D eigenvalue weighted by Gasteiger charge is -2.02. The van der Waals surface area contributed by atoms with Crippen LogP contribution >= 0.6 is 0 Å². The summed E-state index contributed by atoms with van der Waals surface area (Å²) < 4.78 is 24.4. The Morgan fingerprint density at radius 1 is 1.53 bits per heavy atom. The molecule has 0 amide bonds. The van der Waals surface area contributed by atoms with Crippen molar-refractivity contribution in [2.45, 2.75) is 25.5 Å². The molecule has 0 aromatic carbocycles. The Balaban J connectivity index is 3.35. The third-order valence-electron chi connectivity index (χ3n) is 1.96. The first-order valence-corrected chi connectivity index (χ1v) is 6.10. The maximum atomic E-state index is 11.5. The van der Waals surface area contributed by atoms with E-state index in [0.29, 0.717) is 6.54 Å². The first-order chi connectivity index (χ1) is 6.92. The highest BCUT2D eigenvalue weighted by Gasteiger charge is 2.22. The fourth-order valence-electron chi connectivity index (χ4n) is 1.11. The van der Waals surface area contributed by atoms with Gasteiger partial charge in [0.1, 0.15) is 0 Å². The number of hydrogen-bond acceptors (Lipinski definition) is 4. The molecule has 1 rings (SSSR count). The Bertz CT molecular complexity index is 475. The summed E-state index contributed by atoms with van der Waals surface area (Å²) in [4.78, 5) is 14.2. The highest BCUT2D eigenvalue weighted by Crippen LogP contribution is 2.11. The van der Waals surface area contributed by atoms with Gasteiger partial charge in [0.25, 0.3) is 0 Å². The van der Waals surface area contributed by atoms with Gasteiger partial charge in [-0.3, -0.25) is 0 Å². The zero-order valence-electron chi connectivity index (χ0n) is 8.47. The van der Waals surface area contributed by atoms with Gasteiger partial charge in [0.15, 0.2) is 5.69 Å². The van der Waals surface area contributed by atoms with Crippen molar-refractivity contribution in [2.24, 2.45) is 0 Å². The third-order valence-corrected chi connectivity index (χ3v) is 3.60. The van der Waals surface area contributed by atoms with Crippen molar-refractivity contribution in [2.75, 3.05) is 5.75 Å². The Hall–Kier alpha value is -1.37. The summed E-state index contributed by atoms with van der Waals surface area (Å²) in [7, 11) is -3.47. The number of imidazole rings is 1. The van der Waals surface area contributed by atoms with Crippen molar-refractivity contribution in [3.05, 3.63) is 11.9 Å². The highest BCUT2D eigenvalue weighted by molar-refractivity contribution is 7.91. The number of carbonyl (C=O) groups is 1. The van der Waals surface area contributed by atoms with Crippen molar-refractivity contribution in [1.29, 1.82) is 0 Å². The fourth-order valence-corrected chi connectivity index (χ4v) is 2.14. The largest absolute Gasteiger partial charge is 0.476 e. The molecule has 1 aromatic heterocycles. The molecule has 1 heterocycles. The maximum Gasteiger partial charge on any atom is 0.356 e. The molecule has 0 aliphatic heterocycles. The van der Waals surface area contributed by atoms with E-state index in [0.717, 1.165) is 0 Å². The number of rotatable bonds is 4. The van der Waals surface area contributed by atoms with Crippen molar-refractivity contribution in [3.63, 3.8) is 0 Å². The van der Waals surface area contributed by atoms with Gasteiger partial charge >= 0.3 is 5.97 Å². The second kappa shape index (κ2) is 4.01. The number of aromatic carboxylic acids is 1. The van der Waals surface area contributed by atoms with Gasteiger partial charge in [-0.15, -0.1) is 0 Å². The Kier molecular flexibility index (Phi) is 3.13. The number of nitrogens with zero attached hydrogens (tertiary/aromatic N) is 2. The van der Waals surface area contributed by atoms with Gasteiger partial charge in [-0.2, -0.15) is 0 Å². The minimum atomic E-state index is -3.47. The Morgan fingerprint density at radius 2 is 2.13 bits per heavy atom. The predicted octanol–water partition coefficient (Wildman–Crippen LogP) is 0.395. The summed E-state index contributed by atoms with van der Waals surface area (Å²) in [5.41, 5.74) is -0.246. The van der Waals surface area contributed by atoms with E-state index in [1.54, 1.807) is 6.92 Å². The zero-order chi connectivity index (χ0) is 11.6. The summed E-state index contributed by atoms with van der Waals surface area (Å²) in [6.07, 6.45) is 1.23. The van der Waals surface area contributed by atoms with E-state index in [1.165, 1.54) is 17.7 Å². The van der Waals surface area contributed by atoms with Gasteiger partial charge in [-0.1, -0.05) is 6.92 Å². The predicted molar refractivity (Wildman–Crippen MR) is 52.6 cm³/mol. The lowest BCUT2D eigenvalue weighted by molar-refractivity contribution is 0.0690. The number of hydrogen-bond donors (Lipinski definition) is 1. The number of aryl methyl sites for hydroxylation is 1. The molecule has 0 aliphatic rings. The normalized spacial score (nSPS) is 11.6. The van der Waals surface area contributed by atoms with Crippen molar-refractivity contribution in [3.8, 4) is 0 Å². The van der Waals surface area contributed by atoms with E-state index in [-0.39, 0.29) is 16.6 Å². The molecule has 0 bridgehead atoms. The molecule has 84 valence electrons. The minimum absolute atomic E-state index is 0.0942. The average molecular weight is 232 g/mol. The summed E-state index contributed by atoms with van der Waals surface area (Å²) in [5.74, 6) is -1.32. The van der Waals surface area contributed by atoms with Gasteiger partial charge in [0.05, 0.1) is 5.75 Å². The molecular formula is C8H12N2O4S. The summed E-state index contributed by atoms with van der Waals surface area (Å²) in [6.45, 7) is 3.58. The summed E-state index contributed by atoms with van der Waals surface area (Å²) >= 11 is 0. The minimum Gasteiger partial charge on any atom is -0.476 e. The van der Waals surface area contributed by atoms with Crippen LogP contribution in [0.15, 0.2) is 11.4 Å². The summed E-state index contributed by atoms with van der Waals surface area (Å²) in [6, 6.07) is 0. The molecule has 0 atom stereocenters. The highest BCUT2D eigenvalue weighted by atomic mass is 32.2. The van der Waals surface area contributed by atoms with Crippen molar-refractivity contribution >= 4 is 15.8 Å². The topological polar surface area (TPSA) is 89.3 Å². The Labute approximate surface area is 87.5 Å². The molecular weight excluding hydrogens is 220 g/mol. The molecule has 0 saturated heterocycles. The maximum absolute atomic E-state index is 11.5. The van der Waals surface area contributed by atoms with E-state index in [2.05, 4.69) is 4.98 Å². The molecule has 0 fully saturated rings. The second-order valence-electron chi connectivity index (χ2n) is 2.90. The van der Waals surface area contributed by atoms with Crippen LogP contribution in [0, 0.1) is 0 Å². The van der Waals surface area contributed by atoms with Crippen LogP contribution in [-0.4, -0.2) is 34.8 Å². The van der Waals surface area contributed by atoms with E-state index in [4.69, 9.17) is 5.11 Å². The molecule has 1 N–H and O–H groups in total. The second-order valence-corrected chi connectivity index (χ2v) is 5.08. The quantitative estimate of drug-likeness (QED) is 0.811. The van der Waals surface area contributed by atoms with Crippen LogP contribution in [0.1, 0.15) is 24.3 Å². The van der Waals surface area contributed by atoms with Gasteiger partial charge < -0.3 is 9.67 Å². The van der Waals surface area contributed by atoms with Crippen LogP contribution in [0.25, 0.3) is 0 Å². The molecule has 6 nitrogen and oxygen atoms in total.